The molecule has 0 aromatic heterocycles. The van der Waals surface area contributed by atoms with Gasteiger partial charge in [0.25, 0.3) is 0 Å². The van der Waals surface area contributed by atoms with Crippen LogP contribution in [-0.2, 0) is 0 Å². The first kappa shape index (κ1) is 13.4. The number of hydrogen-bond donors (Lipinski definition) is 2. The topological polar surface area (TPSA) is 38.0 Å². The van der Waals surface area contributed by atoms with Crippen LogP contribution < -0.4 is 11.1 Å². The molecule has 16 heavy (non-hydrogen) atoms. The molecule has 0 aliphatic carbocycles. The Hall–Kier alpha value is -0.640. The lowest BCUT2D eigenvalue weighted by atomic mass is 9.89. The quantitative estimate of drug-likeness (QED) is 0.858. The summed E-state index contributed by atoms with van der Waals surface area (Å²) in [7, 11) is 1.82. The van der Waals surface area contributed by atoms with Gasteiger partial charge in [-0.05, 0) is 51.1 Å². The highest BCUT2D eigenvalue weighted by molar-refractivity contribution is 6.31. The molecule has 1 aromatic carbocycles. The summed E-state index contributed by atoms with van der Waals surface area (Å²) in [5.74, 6) is -0.276. The molecule has 0 aliphatic rings. The second-order valence-corrected chi connectivity index (χ2v) is 4.98. The average molecular weight is 245 g/mol. The number of halogens is 2. The molecule has 3 N–H and O–H groups in total. The van der Waals surface area contributed by atoms with E-state index in [2.05, 4.69) is 5.32 Å². The highest BCUT2D eigenvalue weighted by Crippen LogP contribution is 2.30. The molecule has 0 radical (unpaired) electrons. The van der Waals surface area contributed by atoms with Crippen molar-refractivity contribution in [3.05, 3.63) is 34.1 Å². The highest BCUT2D eigenvalue weighted by Gasteiger charge is 2.27. The van der Waals surface area contributed by atoms with Gasteiger partial charge in [-0.1, -0.05) is 11.6 Å². The SMILES string of the molecule is CNC(C)(C)C(N)c1cc(F)c(C)cc1Cl. The highest BCUT2D eigenvalue weighted by atomic mass is 35.5. The minimum absolute atomic E-state index is 0.276. The molecule has 0 fully saturated rings. The summed E-state index contributed by atoms with van der Waals surface area (Å²) in [6.07, 6.45) is 0. The van der Waals surface area contributed by atoms with Crippen molar-refractivity contribution >= 4 is 11.6 Å². The third-order valence-corrected chi connectivity index (χ3v) is 3.36. The molecule has 0 saturated heterocycles. The number of nitrogens with two attached hydrogens (primary N) is 1. The second-order valence-electron chi connectivity index (χ2n) is 4.57. The van der Waals surface area contributed by atoms with Crippen LogP contribution in [0.3, 0.4) is 0 Å². The van der Waals surface area contributed by atoms with Crippen LogP contribution in [0.2, 0.25) is 5.02 Å². The Morgan fingerprint density at radius 3 is 2.50 bits per heavy atom. The van der Waals surface area contributed by atoms with Crippen LogP contribution in [0.25, 0.3) is 0 Å². The lowest BCUT2D eigenvalue weighted by Crippen LogP contribution is -2.46. The van der Waals surface area contributed by atoms with E-state index in [1.165, 1.54) is 6.07 Å². The van der Waals surface area contributed by atoms with Crippen molar-refractivity contribution in [1.29, 1.82) is 0 Å². The van der Waals surface area contributed by atoms with Crippen molar-refractivity contribution in [2.45, 2.75) is 32.4 Å². The summed E-state index contributed by atoms with van der Waals surface area (Å²) in [6.45, 7) is 5.58. The molecule has 0 bridgehead atoms. The zero-order chi connectivity index (χ0) is 12.5. The van der Waals surface area contributed by atoms with E-state index in [9.17, 15) is 4.39 Å². The molecular formula is C12H18ClFN2. The first-order valence-electron chi connectivity index (χ1n) is 5.19. The first-order chi connectivity index (χ1) is 7.29. The van der Waals surface area contributed by atoms with Gasteiger partial charge in [-0.2, -0.15) is 0 Å². The minimum Gasteiger partial charge on any atom is -0.322 e. The second kappa shape index (κ2) is 4.70. The molecule has 0 amide bonds. The molecule has 0 saturated carbocycles. The van der Waals surface area contributed by atoms with Crippen molar-refractivity contribution < 1.29 is 4.39 Å². The smallest absolute Gasteiger partial charge is 0.126 e. The van der Waals surface area contributed by atoms with Gasteiger partial charge in [-0.3, -0.25) is 0 Å². The van der Waals surface area contributed by atoms with Crippen LogP contribution in [0.5, 0.6) is 0 Å². The molecule has 0 heterocycles. The van der Waals surface area contributed by atoms with Gasteiger partial charge in [0, 0.05) is 16.6 Å². The Labute approximate surface area is 101 Å². The molecule has 1 atom stereocenters. The third-order valence-electron chi connectivity index (χ3n) is 3.03. The Morgan fingerprint density at radius 1 is 1.44 bits per heavy atom. The number of aryl methyl sites for hydroxylation is 1. The molecule has 0 spiro atoms. The fourth-order valence-corrected chi connectivity index (χ4v) is 1.78. The van der Waals surface area contributed by atoms with Gasteiger partial charge in [0.05, 0.1) is 0 Å². The summed E-state index contributed by atoms with van der Waals surface area (Å²) in [5.41, 5.74) is 6.91. The molecule has 4 heteroatoms. The van der Waals surface area contributed by atoms with E-state index in [0.717, 1.165) is 0 Å². The number of hydrogen-bond acceptors (Lipinski definition) is 2. The van der Waals surface area contributed by atoms with Gasteiger partial charge in [-0.15, -0.1) is 0 Å². The van der Waals surface area contributed by atoms with E-state index < -0.39 is 0 Å². The van der Waals surface area contributed by atoms with E-state index >= 15 is 0 Å². The molecule has 2 nitrogen and oxygen atoms in total. The minimum atomic E-state index is -0.361. The van der Waals surface area contributed by atoms with Crippen molar-refractivity contribution in [3.8, 4) is 0 Å². The number of likely N-dealkylation sites (N-methyl/N-ethyl adjacent to an activating group) is 1. The van der Waals surface area contributed by atoms with Crippen molar-refractivity contribution in [2.24, 2.45) is 5.73 Å². The Bertz CT molecular complexity index is 391. The Morgan fingerprint density at radius 2 is 2.00 bits per heavy atom. The predicted octanol–water partition coefficient (Wildman–Crippen LogP) is 2.79. The van der Waals surface area contributed by atoms with Crippen LogP contribution in [0, 0.1) is 12.7 Å². The standard InChI is InChI=1S/C12H18ClFN2/c1-7-5-9(13)8(6-10(7)14)11(15)12(2,3)16-4/h5-6,11,16H,15H2,1-4H3. The molecule has 90 valence electrons. The molecule has 0 aliphatic heterocycles. The maximum absolute atomic E-state index is 13.5. The van der Waals surface area contributed by atoms with Crippen molar-refractivity contribution in [2.75, 3.05) is 7.05 Å². The van der Waals surface area contributed by atoms with E-state index in [0.29, 0.717) is 16.1 Å². The van der Waals surface area contributed by atoms with Gasteiger partial charge in [0.1, 0.15) is 5.82 Å². The van der Waals surface area contributed by atoms with Gasteiger partial charge < -0.3 is 11.1 Å². The maximum atomic E-state index is 13.5. The summed E-state index contributed by atoms with van der Waals surface area (Å²) in [5, 5.41) is 3.60. The van der Waals surface area contributed by atoms with Crippen LogP contribution in [0.4, 0.5) is 4.39 Å². The maximum Gasteiger partial charge on any atom is 0.126 e. The Kier molecular flexibility index (Phi) is 3.94. The number of nitrogens with one attached hydrogen (secondary N) is 1. The summed E-state index contributed by atoms with van der Waals surface area (Å²) in [6, 6.07) is 2.67. The lowest BCUT2D eigenvalue weighted by Gasteiger charge is -2.32. The van der Waals surface area contributed by atoms with Gasteiger partial charge >= 0.3 is 0 Å². The van der Waals surface area contributed by atoms with E-state index in [4.69, 9.17) is 17.3 Å². The average Bonchev–Trinajstić information content (AvgIpc) is 2.22. The number of benzene rings is 1. The predicted molar refractivity (Wildman–Crippen MR) is 66.2 cm³/mol. The summed E-state index contributed by atoms with van der Waals surface area (Å²) >= 11 is 6.08. The summed E-state index contributed by atoms with van der Waals surface area (Å²) < 4.78 is 13.5. The first-order valence-corrected chi connectivity index (χ1v) is 5.57. The van der Waals surface area contributed by atoms with Gasteiger partial charge in [-0.25, -0.2) is 4.39 Å². The normalized spacial score (nSPS) is 13.9. The van der Waals surface area contributed by atoms with E-state index in [-0.39, 0.29) is 17.4 Å². The molecule has 1 aromatic rings. The van der Waals surface area contributed by atoms with Crippen LogP contribution in [-0.4, -0.2) is 12.6 Å². The summed E-state index contributed by atoms with van der Waals surface area (Å²) in [4.78, 5) is 0. The fraction of sp³-hybridized carbons (Fsp3) is 0.500. The van der Waals surface area contributed by atoms with Crippen LogP contribution in [0.15, 0.2) is 12.1 Å². The van der Waals surface area contributed by atoms with Crippen LogP contribution >= 0.6 is 11.6 Å². The molecule has 1 unspecified atom stereocenters. The van der Waals surface area contributed by atoms with Gasteiger partial charge in [0.2, 0.25) is 0 Å². The molecular weight excluding hydrogens is 227 g/mol. The zero-order valence-corrected chi connectivity index (χ0v) is 10.8. The van der Waals surface area contributed by atoms with E-state index in [1.807, 2.05) is 20.9 Å². The van der Waals surface area contributed by atoms with Gasteiger partial charge in [0.15, 0.2) is 0 Å². The molecule has 1 rings (SSSR count). The van der Waals surface area contributed by atoms with Crippen LogP contribution in [0.1, 0.15) is 31.0 Å². The zero-order valence-electron chi connectivity index (χ0n) is 10.1. The lowest BCUT2D eigenvalue weighted by molar-refractivity contribution is 0.348. The number of rotatable bonds is 3. The largest absolute Gasteiger partial charge is 0.322 e. The van der Waals surface area contributed by atoms with Crippen molar-refractivity contribution in [3.63, 3.8) is 0 Å². The third kappa shape index (κ3) is 2.54. The van der Waals surface area contributed by atoms with Crippen molar-refractivity contribution in [1.82, 2.24) is 5.32 Å². The Balaban J connectivity index is 3.19. The fourth-order valence-electron chi connectivity index (χ4n) is 1.44. The van der Waals surface area contributed by atoms with E-state index in [1.54, 1.807) is 13.0 Å². The monoisotopic (exact) mass is 244 g/mol.